The van der Waals surface area contributed by atoms with Gasteiger partial charge in [-0.1, -0.05) is 6.08 Å². The molecule has 1 unspecified atom stereocenters. The topological polar surface area (TPSA) is 52.9 Å². The lowest BCUT2D eigenvalue weighted by Gasteiger charge is -2.41. The summed E-state index contributed by atoms with van der Waals surface area (Å²) in [4.78, 5) is 11.5. The van der Waals surface area contributed by atoms with Gasteiger partial charge in [0.1, 0.15) is 6.07 Å². The van der Waals surface area contributed by atoms with Crippen LogP contribution in [0.25, 0.3) is 0 Å². The van der Waals surface area contributed by atoms with Crippen molar-refractivity contribution < 1.29 is 4.79 Å². The number of carbonyl (C=O) groups excluding carboxylic acids is 1. The maximum absolute atomic E-state index is 11.5. The Labute approximate surface area is 90.2 Å². The molecule has 1 saturated heterocycles. The Morgan fingerprint density at radius 3 is 2.73 bits per heavy atom. The predicted molar refractivity (Wildman–Crippen MR) is 57.1 cm³/mol. The number of allylic oxidation sites excluding steroid dienone is 1. The van der Waals surface area contributed by atoms with Gasteiger partial charge in [0.2, 0.25) is 0 Å². The molecule has 0 aromatic heterocycles. The summed E-state index contributed by atoms with van der Waals surface area (Å²) in [6.07, 6.45) is 4.33. The third-order valence-electron chi connectivity index (χ3n) is 4.02. The van der Waals surface area contributed by atoms with E-state index in [1.165, 1.54) is 0 Å². The van der Waals surface area contributed by atoms with Crippen molar-refractivity contribution in [2.75, 3.05) is 6.54 Å². The van der Waals surface area contributed by atoms with E-state index >= 15 is 0 Å². The third-order valence-corrected chi connectivity index (χ3v) is 4.02. The SMILES string of the molecule is CC1(C)NCCC12C=C(C#N)C(=O)CC2. The zero-order valence-electron chi connectivity index (χ0n) is 9.26. The summed E-state index contributed by atoms with van der Waals surface area (Å²) in [6.45, 7) is 5.28. The second-order valence-corrected chi connectivity index (χ2v) is 5.05. The number of nitrogens with one attached hydrogen (secondary N) is 1. The average molecular weight is 204 g/mol. The second-order valence-electron chi connectivity index (χ2n) is 5.05. The molecule has 1 N–H and O–H groups in total. The Morgan fingerprint density at radius 2 is 2.20 bits per heavy atom. The highest BCUT2D eigenvalue weighted by molar-refractivity contribution is 6.00. The highest BCUT2D eigenvalue weighted by Gasteiger charge is 2.49. The number of carbonyl (C=O) groups is 1. The lowest BCUT2D eigenvalue weighted by molar-refractivity contribution is -0.116. The molecule has 1 atom stereocenters. The van der Waals surface area contributed by atoms with Gasteiger partial charge < -0.3 is 5.32 Å². The van der Waals surface area contributed by atoms with Gasteiger partial charge in [-0.15, -0.1) is 0 Å². The molecule has 0 bridgehead atoms. The van der Waals surface area contributed by atoms with Gasteiger partial charge in [0.15, 0.2) is 5.78 Å². The number of hydrogen-bond donors (Lipinski definition) is 1. The van der Waals surface area contributed by atoms with E-state index in [2.05, 4.69) is 19.2 Å². The fourth-order valence-electron chi connectivity index (χ4n) is 2.77. The smallest absolute Gasteiger partial charge is 0.173 e. The Bertz CT molecular complexity index is 376. The van der Waals surface area contributed by atoms with Crippen LogP contribution in [0.1, 0.15) is 33.1 Å². The van der Waals surface area contributed by atoms with E-state index in [1.54, 1.807) is 0 Å². The number of Topliss-reactive ketones (excluding diaryl/α,β-unsaturated/α-hetero) is 1. The van der Waals surface area contributed by atoms with Gasteiger partial charge in [0.05, 0.1) is 5.57 Å². The molecule has 80 valence electrons. The van der Waals surface area contributed by atoms with Crippen LogP contribution in [0.15, 0.2) is 11.6 Å². The fraction of sp³-hybridized carbons (Fsp3) is 0.667. The first-order valence-corrected chi connectivity index (χ1v) is 5.42. The van der Waals surface area contributed by atoms with E-state index in [0.717, 1.165) is 19.4 Å². The van der Waals surface area contributed by atoms with Gasteiger partial charge >= 0.3 is 0 Å². The van der Waals surface area contributed by atoms with E-state index in [4.69, 9.17) is 5.26 Å². The molecule has 2 aliphatic rings. The van der Waals surface area contributed by atoms with Gasteiger partial charge in [-0.05, 0) is 33.2 Å². The first-order valence-electron chi connectivity index (χ1n) is 5.42. The van der Waals surface area contributed by atoms with Crippen LogP contribution < -0.4 is 5.32 Å². The summed E-state index contributed by atoms with van der Waals surface area (Å²) in [5.74, 6) is 0.00539. The van der Waals surface area contributed by atoms with Gasteiger partial charge in [-0.3, -0.25) is 4.79 Å². The minimum Gasteiger partial charge on any atom is -0.311 e. The van der Waals surface area contributed by atoms with Crippen molar-refractivity contribution >= 4 is 5.78 Å². The summed E-state index contributed by atoms with van der Waals surface area (Å²) in [5.41, 5.74) is 0.361. The number of ketones is 1. The summed E-state index contributed by atoms with van der Waals surface area (Å²) in [6, 6.07) is 2.03. The Hall–Kier alpha value is -1.14. The number of rotatable bonds is 0. The molecular weight excluding hydrogens is 188 g/mol. The lowest BCUT2D eigenvalue weighted by atomic mass is 9.65. The minimum atomic E-state index is -0.00417. The lowest BCUT2D eigenvalue weighted by Crippen LogP contribution is -2.47. The van der Waals surface area contributed by atoms with Crippen molar-refractivity contribution in [3.05, 3.63) is 11.6 Å². The molecule has 3 nitrogen and oxygen atoms in total. The van der Waals surface area contributed by atoms with Gasteiger partial charge in [0.25, 0.3) is 0 Å². The Kier molecular flexibility index (Phi) is 2.20. The normalized spacial score (nSPS) is 33.9. The van der Waals surface area contributed by atoms with Crippen molar-refractivity contribution in [1.82, 2.24) is 5.32 Å². The van der Waals surface area contributed by atoms with Crippen molar-refractivity contribution in [2.45, 2.75) is 38.6 Å². The molecule has 1 aliphatic carbocycles. The van der Waals surface area contributed by atoms with Crippen molar-refractivity contribution in [2.24, 2.45) is 5.41 Å². The van der Waals surface area contributed by atoms with E-state index in [9.17, 15) is 4.79 Å². The van der Waals surface area contributed by atoms with Crippen LogP contribution in [-0.2, 0) is 4.79 Å². The molecule has 0 radical (unpaired) electrons. The van der Waals surface area contributed by atoms with Crippen molar-refractivity contribution in [1.29, 1.82) is 5.26 Å². The molecule has 2 rings (SSSR count). The maximum atomic E-state index is 11.5. The van der Waals surface area contributed by atoms with Crippen LogP contribution in [0.3, 0.4) is 0 Å². The van der Waals surface area contributed by atoms with Crippen molar-refractivity contribution in [3.63, 3.8) is 0 Å². The van der Waals surface area contributed by atoms with E-state index in [0.29, 0.717) is 12.0 Å². The van der Waals surface area contributed by atoms with Crippen LogP contribution >= 0.6 is 0 Å². The van der Waals surface area contributed by atoms with Crippen molar-refractivity contribution in [3.8, 4) is 6.07 Å². The fourth-order valence-corrected chi connectivity index (χ4v) is 2.77. The molecule has 0 saturated carbocycles. The van der Waals surface area contributed by atoms with Gasteiger partial charge in [-0.25, -0.2) is 0 Å². The van der Waals surface area contributed by atoms with Gasteiger partial charge in [0, 0.05) is 17.4 Å². The molecule has 0 aromatic rings. The first kappa shape index (κ1) is 10.4. The standard InChI is InChI=1S/C12H16N2O/c1-11(2)12(5-6-14-11)4-3-10(15)9(7-12)8-13/h7,14H,3-6H2,1-2H3. The summed E-state index contributed by atoms with van der Waals surface area (Å²) in [7, 11) is 0. The molecule has 1 aliphatic heterocycles. The predicted octanol–water partition coefficient (Wildman–Crippen LogP) is 1.56. The molecule has 1 spiro atoms. The monoisotopic (exact) mass is 204 g/mol. The first-order chi connectivity index (χ1) is 7.01. The van der Waals surface area contributed by atoms with E-state index in [-0.39, 0.29) is 16.7 Å². The third kappa shape index (κ3) is 1.40. The number of nitrogens with zero attached hydrogens (tertiary/aromatic N) is 1. The zero-order chi connectivity index (χ0) is 11.1. The molecule has 1 heterocycles. The van der Waals surface area contributed by atoms with Crippen LogP contribution in [0, 0.1) is 16.7 Å². The highest BCUT2D eigenvalue weighted by Crippen LogP contribution is 2.47. The average Bonchev–Trinajstić information content (AvgIpc) is 2.47. The molecule has 0 aromatic carbocycles. The molecular formula is C12H16N2O. The molecule has 3 heteroatoms. The quantitative estimate of drug-likeness (QED) is 0.651. The number of nitriles is 1. The van der Waals surface area contributed by atoms with Crippen LogP contribution in [-0.4, -0.2) is 17.9 Å². The van der Waals surface area contributed by atoms with Crippen LogP contribution in [0.2, 0.25) is 0 Å². The molecule has 15 heavy (non-hydrogen) atoms. The zero-order valence-corrected chi connectivity index (χ0v) is 9.26. The molecule has 1 fully saturated rings. The maximum Gasteiger partial charge on any atom is 0.173 e. The van der Waals surface area contributed by atoms with E-state index in [1.807, 2.05) is 12.1 Å². The largest absolute Gasteiger partial charge is 0.311 e. The summed E-state index contributed by atoms with van der Waals surface area (Å²) in [5, 5.41) is 12.4. The van der Waals surface area contributed by atoms with Crippen LogP contribution in [0.4, 0.5) is 0 Å². The summed E-state index contributed by atoms with van der Waals surface area (Å²) >= 11 is 0. The Balaban J connectivity index is 2.43. The minimum absolute atomic E-state index is 0.00417. The molecule has 0 amide bonds. The second kappa shape index (κ2) is 3.18. The van der Waals surface area contributed by atoms with E-state index < -0.39 is 0 Å². The van der Waals surface area contributed by atoms with Crippen LogP contribution in [0.5, 0.6) is 0 Å². The summed E-state index contributed by atoms with van der Waals surface area (Å²) < 4.78 is 0. The highest BCUT2D eigenvalue weighted by atomic mass is 16.1. The Morgan fingerprint density at radius 1 is 1.47 bits per heavy atom. The van der Waals surface area contributed by atoms with Gasteiger partial charge in [-0.2, -0.15) is 5.26 Å². The number of hydrogen-bond acceptors (Lipinski definition) is 3.